The molecule has 2 aromatic carbocycles. The molecule has 0 spiro atoms. The molecule has 1 aliphatic heterocycles. The molecule has 0 unspecified atom stereocenters. The monoisotopic (exact) mass is 420 g/mol. The first-order chi connectivity index (χ1) is 15.0. The number of benzene rings is 2. The van der Waals surface area contributed by atoms with Crippen LogP contribution in [0.3, 0.4) is 0 Å². The van der Waals surface area contributed by atoms with Gasteiger partial charge in [0.1, 0.15) is 11.8 Å². The summed E-state index contributed by atoms with van der Waals surface area (Å²) in [6.07, 6.45) is 2.38. The predicted molar refractivity (Wildman–Crippen MR) is 121 cm³/mol. The molecule has 0 radical (unpaired) electrons. The van der Waals surface area contributed by atoms with Crippen LogP contribution in [0, 0.1) is 0 Å². The number of fused-ring (bicyclic) bond motifs is 1. The van der Waals surface area contributed by atoms with Crippen molar-refractivity contribution in [2.24, 2.45) is 0 Å². The fourth-order valence-corrected chi connectivity index (χ4v) is 4.16. The number of carbonyl (C=O) groups excluding carboxylic acids is 2. The van der Waals surface area contributed by atoms with Gasteiger partial charge in [0.25, 0.3) is 0 Å². The zero-order valence-electron chi connectivity index (χ0n) is 17.9. The summed E-state index contributed by atoms with van der Waals surface area (Å²) < 4.78 is 5.22. The number of carbonyl (C=O) groups is 2. The van der Waals surface area contributed by atoms with Crippen LogP contribution >= 0.6 is 0 Å². The number of rotatable bonds is 6. The van der Waals surface area contributed by atoms with Gasteiger partial charge in [-0.25, -0.2) is 0 Å². The van der Waals surface area contributed by atoms with Crippen LogP contribution in [-0.2, 0) is 16.0 Å². The Balaban J connectivity index is 1.43. The predicted octanol–water partition coefficient (Wildman–Crippen LogP) is 2.57. The largest absolute Gasteiger partial charge is 0.497 e. The lowest BCUT2D eigenvalue weighted by Gasteiger charge is -2.37. The van der Waals surface area contributed by atoms with Crippen LogP contribution < -0.4 is 15.0 Å². The highest BCUT2D eigenvalue weighted by Gasteiger charge is 2.29. The third-order valence-corrected chi connectivity index (χ3v) is 5.80. The Bertz CT molecular complexity index is 1050. The third kappa shape index (κ3) is 4.66. The van der Waals surface area contributed by atoms with Crippen LogP contribution in [0.15, 0.2) is 54.7 Å². The number of piperazine rings is 1. The van der Waals surface area contributed by atoms with Gasteiger partial charge in [-0.2, -0.15) is 0 Å². The van der Waals surface area contributed by atoms with Crippen molar-refractivity contribution in [1.82, 2.24) is 15.2 Å². The van der Waals surface area contributed by atoms with Gasteiger partial charge in [0, 0.05) is 62.3 Å². The molecule has 1 fully saturated rings. The zero-order chi connectivity index (χ0) is 21.8. The summed E-state index contributed by atoms with van der Waals surface area (Å²) in [5.41, 5.74) is 3.17. The maximum Gasteiger partial charge on any atom is 0.245 e. The molecule has 7 nitrogen and oxygen atoms in total. The molecule has 162 valence electrons. The van der Waals surface area contributed by atoms with Crippen molar-refractivity contribution in [2.45, 2.75) is 19.4 Å². The highest BCUT2D eigenvalue weighted by Crippen LogP contribution is 2.22. The fraction of sp³-hybridized carbons (Fsp3) is 0.333. The number of aromatic amines is 1. The van der Waals surface area contributed by atoms with E-state index in [1.165, 1.54) is 6.92 Å². The van der Waals surface area contributed by atoms with Crippen molar-refractivity contribution < 1.29 is 14.3 Å². The second-order valence-corrected chi connectivity index (χ2v) is 7.83. The molecule has 7 heteroatoms. The molecular weight excluding hydrogens is 392 g/mol. The lowest BCUT2D eigenvalue weighted by atomic mass is 10.0. The van der Waals surface area contributed by atoms with Crippen LogP contribution in [0.25, 0.3) is 10.9 Å². The van der Waals surface area contributed by atoms with Crippen LogP contribution in [0.4, 0.5) is 5.69 Å². The Morgan fingerprint density at radius 3 is 2.45 bits per heavy atom. The van der Waals surface area contributed by atoms with Gasteiger partial charge in [-0.05, 0) is 35.9 Å². The van der Waals surface area contributed by atoms with Crippen molar-refractivity contribution in [2.75, 3.05) is 38.2 Å². The molecule has 0 saturated carbocycles. The normalized spacial score (nSPS) is 15.0. The number of para-hydroxylation sites is 1. The number of ether oxygens (including phenoxy) is 1. The molecule has 1 aliphatic rings. The first-order valence-corrected chi connectivity index (χ1v) is 10.5. The van der Waals surface area contributed by atoms with Gasteiger partial charge in [-0.3, -0.25) is 9.59 Å². The Labute approximate surface area is 182 Å². The Hall–Kier alpha value is -3.48. The quantitative estimate of drug-likeness (QED) is 0.643. The van der Waals surface area contributed by atoms with Gasteiger partial charge >= 0.3 is 0 Å². The van der Waals surface area contributed by atoms with Gasteiger partial charge in [-0.1, -0.05) is 18.2 Å². The minimum Gasteiger partial charge on any atom is -0.497 e. The number of nitrogens with zero attached hydrogens (tertiary/aromatic N) is 2. The van der Waals surface area contributed by atoms with Crippen molar-refractivity contribution in [1.29, 1.82) is 0 Å². The van der Waals surface area contributed by atoms with E-state index < -0.39 is 6.04 Å². The van der Waals surface area contributed by atoms with Gasteiger partial charge in [0.2, 0.25) is 11.8 Å². The summed E-state index contributed by atoms with van der Waals surface area (Å²) in [7, 11) is 1.65. The maximum atomic E-state index is 13.3. The molecule has 2 amide bonds. The van der Waals surface area contributed by atoms with Crippen LogP contribution in [0.5, 0.6) is 5.75 Å². The number of amides is 2. The first kappa shape index (κ1) is 20.8. The molecule has 2 heterocycles. The summed E-state index contributed by atoms with van der Waals surface area (Å²) >= 11 is 0. The number of methoxy groups -OCH3 is 1. The average molecular weight is 421 g/mol. The summed E-state index contributed by atoms with van der Waals surface area (Å²) in [5.74, 6) is 0.595. The number of nitrogens with one attached hydrogen (secondary N) is 2. The van der Waals surface area contributed by atoms with Crippen molar-refractivity contribution >= 4 is 28.4 Å². The van der Waals surface area contributed by atoms with E-state index in [4.69, 9.17) is 4.74 Å². The minimum absolute atomic E-state index is 0.0325. The molecule has 0 bridgehead atoms. The Morgan fingerprint density at radius 2 is 1.77 bits per heavy atom. The summed E-state index contributed by atoms with van der Waals surface area (Å²) in [4.78, 5) is 32.5. The fourth-order valence-electron chi connectivity index (χ4n) is 4.16. The molecule has 31 heavy (non-hydrogen) atoms. The minimum atomic E-state index is -0.579. The standard InChI is InChI=1S/C24H28N4O3/c1-17(29)26-23(15-18-16-25-22-6-4-3-5-21(18)22)24(30)28-13-11-27(12-14-28)19-7-9-20(31-2)10-8-19/h3-10,16,23,25H,11-15H2,1-2H3,(H,26,29)/t23-/m1/s1. The van der Waals surface area contributed by atoms with E-state index in [0.29, 0.717) is 19.5 Å². The molecule has 1 aromatic heterocycles. The molecule has 4 rings (SSSR count). The summed E-state index contributed by atoms with van der Waals surface area (Å²) in [6, 6.07) is 15.4. The molecule has 1 atom stereocenters. The maximum absolute atomic E-state index is 13.3. The van der Waals surface area contributed by atoms with E-state index in [2.05, 4.69) is 15.2 Å². The molecule has 0 aliphatic carbocycles. The van der Waals surface area contributed by atoms with Gasteiger partial charge in [-0.15, -0.1) is 0 Å². The number of hydrogen-bond acceptors (Lipinski definition) is 4. The number of anilines is 1. The molecule has 2 N–H and O–H groups in total. The highest BCUT2D eigenvalue weighted by molar-refractivity contribution is 5.89. The van der Waals surface area contributed by atoms with E-state index in [-0.39, 0.29) is 11.8 Å². The Morgan fingerprint density at radius 1 is 1.06 bits per heavy atom. The van der Waals surface area contributed by atoms with Crippen LogP contribution in [0.1, 0.15) is 12.5 Å². The van der Waals surface area contributed by atoms with Gasteiger partial charge < -0.3 is 24.8 Å². The average Bonchev–Trinajstić information content (AvgIpc) is 3.21. The van der Waals surface area contributed by atoms with Crippen LogP contribution in [0.2, 0.25) is 0 Å². The second-order valence-electron chi connectivity index (χ2n) is 7.83. The number of H-pyrrole nitrogens is 1. The van der Waals surface area contributed by atoms with E-state index in [9.17, 15) is 9.59 Å². The SMILES string of the molecule is COc1ccc(N2CCN(C(=O)[C@@H](Cc3c[nH]c4ccccc34)NC(C)=O)CC2)cc1. The van der Waals surface area contributed by atoms with E-state index in [0.717, 1.165) is 41.0 Å². The lowest BCUT2D eigenvalue weighted by molar-refractivity contribution is -0.136. The van der Waals surface area contributed by atoms with Crippen molar-refractivity contribution in [3.8, 4) is 5.75 Å². The van der Waals surface area contributed by atoms with Gasteiger partial charge in [0.15, 0.2) is 0 Å². The Kier molecular flexibility index (Phi) is 6.11. The molecule has 1 saturated heterocycles. The zero-order valence-corrected chi connectivity index (χ0v) is 17.9. The number of aromatic nitrogens is 1. The van der Waals surface area contributed by atoms with Gasteiger partial charge in [0.05, 0.1) is 7.11 Å². The highest BCUT2D eigenvalue weighted by atomic mass is 16.5. The molecule has 3 aromatic rings. The third-order valence-electron chi connectivity index (χ3n) is 5.80. The topological polar surface area (TPSA) is 77.7 Å². The first-order valence-electron chi connectivity index (χ1n) is 10.5. The second kappa shape index (κ2) is 9.12. The molecular formula is C24H28N4O3. The van der Waals surface area contributed by atoms with E-state index in [1.807, 2.05) is 59.6 Å². The number of hydrogen-bond donors (Lipinski definition) is 2. The van der Waals surface area contributed by atoms with Crippen molar-refractivity contribution in [3.63, 3.8) is 0 Å². The van der Waals surface area contributed by atoms with E-state index >= 15 is 0 Å². The van der Waals surface area contributed by atoms with E-state index in [1.54, 1.807) is 7.11 Å². The smallest absolute Gasteiger partial charge is 0.245 e. The van der Waals surface area contributed by atoms with Crippen molar-refractivity contribution in [3.05, 3.63) is 60.3 Å². The van der Waals surface area contributed by atoms with Crippen LogP contribution in [-0.4, -0.2) is 61.0 Å². The lowest BCUT2D eigenvalue weighted by Crippen LogP contribution is -2.55. The summed E-state index contributed by atoms with van der Waals surface area (Å²) in [5, 5.41) is 3.94. The summed E-state index contributed by atoms with van der Waals surface area (Å²) in [6.45, 7) is 4.19.